The highest BCUT2D eigenvalue weighted by Crippen LogP contribution is 2.22. The zero-order chi connectivity index (χ0) is 10.5. The van der Waals surface area contributed by atoms with Gasteiger partial charge in [-0.3, -0.25) is 0 Å². The molecule has 15 heavy (non-hydrogen) atoms. The third-order valence-electron chi connectivity index (χ3n) is 2.69. The van der Waals surface area contributed by atoms with Crippen LogP contribution in [0.1, 0.15) is 16.7 Å². The molecule has 0 bridgehead atoms. The van der Waals surface area contributed by atoms with Gasteiger partial charge < -0.3 is 0 Å². The molecule has 0 unspecified atom stereocenters. The Labute approximate surface area is 93.8 Å². The lowest BCUT2D eigenvalue weighted by molar-refractivity contribution is 1.13. The molecule has 0 nitrogen and oxygen atoms in total. The normalized spacial score (nSPS) is 11.3. The highest BCUT2D eigenvalue weighted by atomic mass is 28.2. The summed E-state index contributed by atoms with van der Waals surface area (Å²) in [5, 5.41) is 0. The summed E-state index contributed by atoms with van der Waals surface area (Å²) >= 11 is 0. The topological polar surface area (TPSA) is 0 Å². The van der Waals surface area contributed by atoms with Crippen LogP contribution in [0.2, 0.25) is 0 Å². The lowest BCUT2D eigenvalue weighted by atomic mass is 10.0. The van der Waals surface area contributed by atoms with Crippen molar-refractivity contribution in [3.05, 3.63) is 78.3 Å². The van der Waals surface area contributed by atoms with Crippen molar-refractivity contribution in [3.8, 4) is 0 Å². The van der Waals surface area contributed by atoms with Crippen LogP contribution in [-0.4, -0.2) is 9.52 Å². The molecular weight excluding hydrogens is 196 g/mol. The first-order valence-corrected chi connectivity index (χ1v) is 7.12. The smallest absolute Gasteiger partial charge is 0.0339 e. The lowest BCUT2D eigenvalue weighted by Crippen LogP contribution is -2.06. The molecule has 0 saturated heterocycles. The maximum absolute atomic E-state index is 4.18. The van der Waals surface area contributed by atoms with E-state index in [2.05, 4.69) is 67.2 Å². The molecule has 2 rings (SSSR count). The molecule has 0 aliphatic heterocycles. The Morgan fingerprint density at radius 1 is 0.733 bits per heavy atom. The minimum atomic E-state index is -0.319. The van der Waals surface area contributed by atoms with E-state index in [4.69, 9.17) is 0 Å². The van der Waals surface area contributed by atoms with Crippen LogP contribution in [0, 0.1) is 6.55 Å². The Balaban J connectivity index is 2.34. The van der Waals surface area contributed by atoms with Gasteiger partial charge in [-0.15, -0.1) is 0 Å². The summed E-state index contributed by atoms with van der Waals surface area (Å²) in [4.78, 5) is 0. The summed E-state index contributed by atoms with van der Waals surface area (Å²) < 4.78 is 0. The standard InChI is InChI=1S/C14H15Si/c1-15-14(12-8-4-2-5-9-12)13-10-6-3-7-11-13/h2-11,14H,1,15H2. The average molecular weight is 211 g/mol. The Hall–Kier alpha value is -1.34. The van der Waals surface area contributed by atoms with Crippen LogP contribution in [-0.2, 0) is 0 Å². The average Bonchev–Trinajstić information content (AvgIpc) is 2.33. The summed E-state index contributed by atoms with van der Waals surface area (Å²) in [6.07, 6.45) is 0. The maximum Gasteiger partial charge on any atom is 0.0339 e. The molecule has 2 aromatic carbocycles. The molecule has 0 aliphatic rings. The van der Waals surface area contributed by atoms with Gasteiger partial charge in [0.15, 0.2) is 0 Å². The van der Waals surface area contributed by atoms with Gasteiger partial charge in [0.25, 0.3) is 0 Å². The first-order valence-electron chi connectivity index (χ1n) is 5.31. The molecule has 0 aliphatic carbocycles. The fraction of sp³-hybridized carbons (Fsp3) is 0.0714. The molecule has 0 saturated carbocycles. The number of benzene rings is 2. The van der Waals surface area contributed by atoms with Crippen molar-refractivity contribution < 1.29 is 0 Å². The highest BCUT2D eigenvalue weighted by Gasteiger charge is 2.10. The molecule has 0 amide bonds. The molecule has 0 atom stereocenters. The second kappa shape index (κ2) is 4.94. The summed E-state index contributed by atoms with van der Waals surface area (Å²) in [5.74, 6) is 0. The van der Waals surface area contributed by atoms with Crippen LogP contribution >= 0.6 is 0 Å². The number of rotatable bonds is 3. The molecular formula is C14H15Si. The largest absolute Gasteiger partial charge is 0.0648 e. The van der Waals surface area contributed by atoms with Crippen molar-refractivity contribution in [2.24, 2.45) is 0 Å². The third kappa shape index (κ3) is 2.36. The van der Waals surface area contributed by atoms with Gasteiger partial charge in [-0.05, 0) is 16.7 Å². The van der Waals surface area contributed by atoms with E-state index < -0.39 is 0 Å². The minimum absolute atomic E-state index is 0.319. The first-order chi connectivity index (χ1) is 7.42. The van der Waals surface area contributed by atoms with Crippen LogP contribution in [0.15, 0.2) is 60.7 Å². The molecule has 0 N–H and O–H groups in total. The Kier molecular flexibility index (Phi) is 3.35. The van der Waals surface area contributed by atoms with Gasteiger partial charge in [0, 0.05) is 9.52 Å². The predicted molar refractivity (Wildman–Crippen MR) is 68.6 cm³/mol. The van der Waals surface area contributed by atoms with Gasteiger partial charge in [0.05, 0.1) is 0 Å². The summed E-state index contributed by atoms with van der Waals surface area (Å²) in [6.45, 7) is 4.18. The van der Waals surface area contributed by atoms with Crippen LogP contribution < -0.4 is 0 Å². The van der Waals surface area contributed by atoms with Crippen molar-refractivity contribution in [2.75, 3.05) is 0 Å². The van der Waals surface area contributed by atoms with Crippen LogP contribution in [0.25, 0.3) is 0 Å². The van der Waals surface area contributed by atoms with Crippen LogP contribution in [0.5, 0.6) is 0 Å². The van der Waals surface area contributed by atoms with Gasteiger partial charge >= 0.3 is 0 Å². The molecule has 0 fully saturated rings. The third-order valence-corrected chi connectivity index (χ3v) is 4.21. The lowest BCUT2D eigenvalue weighted by Gasteiger charge is -2.15. The Bertz CT molecular complexity index is 355. The fourth-order valence-electron chi connectivity index (χ4n) is 1.90. The summed E-state index contributed by atoms with van der Waals surface area (Å²) in [5.41, 5.74) is 3.38. The van der Waals surface area contributed by atoms with E-state index in [1.807, 2.05) is 0 Å². The number of hydrogen-bond acceptors (Lipinski definition) is 0. The molecule has 0 spiro atoms. The van der Waals surface area contributed by atoms with Crippen molar-refractivity contribution in [3.63, 3.8) is 0 Å². The minimum Gasteiger partial charge on any atom is -0.0648 e. The monoisotopic (exact) mass is 211 g/mol. The molecule has 2 aromatic rings. The predicted octanol–water partition coefficient (Wildman–Crippen LogP) is 2.74. The van der Waals surface area contributed by atoms with Crippen LogP contribution in [0.4, 0.5) is 0 Å². The van der Waals surface area contributed by atoms with E-state index in [1.54, 1.807) is 0 Å². The Morgan fingerprint density at radius 2 is 1.13 bits per heavy atom. The van der Waals surface area contributed by atoms with Crippen molar-refractivity contribution >= 4 is 9.52 Å². The van der Waals surface area contributed by atoms with Crippen molar-refractivity contribution in [1.29, 1.82) is 0 Å². The number of hydrogen-bond donors (Lipinski definition) is 0. The SMILES string of the molecule is [CH2][SiH2]C(c1ccccc1)c1ccccc1. The molecule has 1 heteroatoms. The fourth-order valence-corrected chi connectivity index (χ4v) is 3.11. The second-order valence-electron chi connectivity index (χ2n) is 3.66. The van der Waals surface area contributed by atoms with Gasteiger partial charge in [-0.25, -0.2) is 0 Å². The first kappa shape index (κ1) is 10.2. The van der Waals surface area contributed by atoms with Gasteiger partial charge in [0.1, 0.15) is 0 Å². The summed E-state index contributed by atoms with van der Waals surface area (Å²) in [6, 6.07) is 21.4. The molecule has 0 aromatic heterocycles. The van der Waals surface area contributed by atoms with Gasteiger partial charge in [-0.1, -0.05) is 67.2 Å². The molecule has 0 heterocycles. The van der Waals surface area contributed by atoms with E-state index in [-0.39, 0.29) is 9.52 Å². The Morgan fingerprint density at radius 3 is 1.47 bits per heavy atom. The van der Waals surface area contributed by atoms with E-state index in [9.17, 15) is 0 Å². The van der Waals surface area contributed by atoms with Gasteiger partial charge in [0.2, 0.25) is 0 Å². The summed E-state index contributed by atoms with van der Waals surface area (Å²) in [7, 11) is -0.319. The van der Waals surface area contributed by atoms with E-state index >= 15 is 0 Å². The quantitative estimate of drug-likeness (QED) is 0.685. The molecule has 75 valence electrons. The van der Waals surface area contributed by atoms with Crippen LogP contribution in [0.3, 0.4) is 0 Å². The highest BCUT2D eigenvalue weighted by molar-refractivity contribution is 6.41. The van der Waals surface area contributed by atoms with E-state index in [0.717, 1.165) is 0 Å². The zero-order valence-electron chi connectivity index (χ0n) is 8.77. The van der Waals surface area contributed by atoms with Gasteiger partial charge in [-0.2, -0.15) is 0 Å². The van der Waals surface area contributed by atoms with Crippen molar-refractivity contribution in [1.82, 2.24) is 0 Å². The van der Waals surface area contributed by atoms with Crippen molar-refractivity contribution in [2.45, 2.75) is 5.54 Å². The maximum atomic E-state index is 4.18. The van der Waals surface area contributed by atoms with E-state index in [1.165, 1.54) is 11.1 Å². The van der Waals surface area contributed by atoms with E-state index in [0.29, 0.717) is 5.54 Å². The molecule has 1 radical (unpaired) electrons. The second-order valence-corrected chi connectivity index (χ2v) is 5.06. The zero-order valence-corrected chi connectivity index (χ0v) is 10.2.